The van der Waals surface area contributed by atoms with Gasteiger partial charge in [0, 0.05) is 36.6 Å². The van der Waals surface area contributed by atoms with Crippen LogP contribution in [0.15, 0.2) is 41.6 Å². The highest BCUT2D eigenvalue weighted by atomic mass is 35.5. The predicted molar refractivity (Wildman–Crippen MR) is 117 cm³/mol. The molecule has 1 aliphatic heterocycles. The Bertz CT molecular complexity index is 1260. The third kappa shape index (κ3) is 3.57. The Labute approximate surface area is 185 Å². The van der Waals surface area contributed by atoms with Crippen molar-refractivity contribution < 1.29 is 13.2 Å². The van der Waals surface area contributed by atoms with Gasteiger partial charge in [0.05, 0.1) is 29.6 Å². The van der Waals surface area contributed by atoms with Crippen LogP contribution in [-0.4, -0.2) is 54.0 Å². The molecule has 0 amide bonds. The van der Waals surface area contributed by atoms with E-state index in [1.54, 1.807) is 24.5 Å². The molecule has 2 aliphatic rings. The zero-order valence-electron chi connectivity index (χ0n) is 16.6. The minimum absolute atomic E-state index is 0.0802. The van der Waals surface area contributed by atoms with Gasteiger partial charge in [-0.25, -0.2) is 18.4 Å². The maximum absolute atomic E-state index is 13.3. The number of nitrogens with zero attached hydrogens (tertiary/aromatic N) is 4. The molecule has 1 aromatic carbocycles. The average molecular weight is 458 g/mol. The SMILES string of the molecule is Nc1nc2c(c(-c3cccnc3)n1)-c1cc(S(=O)(=O)N3CCOCC3)c(Cl)cc1CC2. The summed E-state index contributed by atoms with van der Waals surface area (Å²) >= 11 is 6.48. The summed E-state index contributed by atoms with van der Waals surface area (Å²) in [5.74, 6) is 0.177. The number of ether oxygens (including phenoxy) is 1. The number of pyridine rings is 1. The van der Waals surface area contributed by atoms with Crippen LogP contribution in [0.3, 0.4) is 0 Å². The fraction of sp³-hybridized carbons (Fsp3) is 0.286. The fourth-order valence-electron chi connectivity index (χ4n) is 4.11. The number of aryl methyl sites for hydroxylation is 2. The summed E-state index contributed by atoms with van der Waals surface area (Å²) in [4.78, 5) is 13.2. The van der Waals surface area contributed by atoms with Gasteiger partial charge in [-0.2, -0.15) is 4.31 Å². The van der Waals surface area contributed by atoms with Crippen molar-refractivity contribution >= 4 is 27.6 Å². The molecule has 3 aromatic rings. The Morgan fingerprint density at radius 1 is 1.13 bits per heavy atom. The molecular weight excluding hydrogens is 438 g/mol. The lowest BCUT2D eigenvalue weighted by atomic mass is 9.86. The van der Waals surface area contributed by atoms with E-state index < -0.39 is 10.0 Å². The zero-order valence-corrected chi connectivity index (χ0v) is 18.2. The van der Waals surface area contributed by atoms with Gasteiger partial charge in [-0.3, -0.25) is 4.98 Å². The summed E-state index contributed by atoms with van der Waals surface area (Å²) in [5, 5.41) is 0.216. The van der Waals surface area contributed by atoms with E-state index in [9.17, 15) is 8.42 Å². The van der Waals surface area contributed by atoms with Gasteiger partial charge in [-0.05, 0) is 48.2 Å². The first-order valence-electron chi connectivity index (χ1n) is 9.92. The van der Waals surface area contributed by atoms with Crippen molar-refractivity contribution in [2.75, 3.05) is 32.0 Å². The second-order valence-electron chi connectivity index (χ2n) is 7.45. The van der Waals surface area contributed by atoms with E-state index in [4.69, 9.17) is 22.1 Å². The van der Waals surface area contributed by atoms with Gasteiger partial charge in [0.25, 0.3) is 0 Å². The van der Waals surface area contributed by atoms with Crippen molar-refractivity contribution in [2.24, 2.45) is 0 Å². The molecule has 1 aliphatic carbocycles. The highest BCUT2D eigenvalue weighted by molar-refractivity contribution is 7.89. The third-order valence-corrected chi connectivity index (χ3v) is 7.95. The number of rotatable bonds is 3. The number of morpholine rings is 1. The average Bonchev–Trinajstić information content (AvgIpc) is 2.79. The number of anilines is 1. The highest BCUT2D eigenvalue weighted by Gasteiger charge is 2.31. The monoisotopic (exact) mass is 457 g/mol. The van der Waals surface area contributed by atoms with Crippen LogP contribution >= 0.6 is 11.6 Å². The van der Waals surface area contributed by atoms with Gasteiger partial charge in [0.2, 0.25) is 16.0 Å². The lowest BCUT2D eigenvalue weighted by Gasteiger charge is -2.28. The molecule has 0 atom stereocenters. The van der Waals surface area contributed by atoms with Gasteiger partial charge in [0.15, 0.2) is 0 Å². The molecule has 1 fully saturated rings. The minimum atomic E-state index is -3.77. The van der Waals surface area contributed by atoms with E-state index in [1.165, 1.54) is 4.31 Å². The van der Waals surface area contributed by atoms with Gasteiger partial charge in [-0.15, -0.1) is 0 Å². The number of hydrogen-bond acceptors (Lipinski definition) is 7. The summed E-state index contributed by atoms with van der Waals surface area (Å²) in [7, 11) is -3.77. The molecular formula is C21H20ClN5O3S. The summed E-state index contributed by atoms with van der Waals surface area (Å²) in [5.41, 5.74) is 10.7. The van der Waals surface area contributed by atoms with Crippen LogP contribution in [0, 0.1) is 0 Å². The Morgan fingerprint density at radius 3 is 2.68 bits per heavy atom. The Hall–Kier alpha value is -2.59. The molecule has 0 radical (unpaired) electrons. The van der Waals surface area contributed by atoms with Gasteiger partial charge < -0.3 is 10.5 Å². The number of fused-ring (bicyclic) bond motifs is 3. The molecule has 160 valence electrons. The van der Waals surface area contributed by atoms with Crippen LogP contribution in [0.4, 0.5) is 5.95 Å². The minimum Gasteiger partial charge on any atom is -0.379 e. The van der Waals surface area contributed by atoms with E-state index in [0.717, 1.165) is 27.9 Å². The van der Waals surface area contributed by atoms with Gasteiger partial charge in [-0.1, -0.05) is 11.6 Å². The topological polar surface area (TPSA) is 111 Å². The number of aromatic nitrogens is 3. The second kappa shape index (κ2) is 7.83. The van der Waals surface area contributed by atoms with Crippen molar-refractivity contribution in [2.45, 2.75) is 17.7 Å². The maximum atomic E-state index is 13.3. The summed E-state index contributed by atoms with van der Waals surface area (Å²) < 4.78 is 33.4. The van der Waals surface area contributed by atoms with Crippen LogP contribution in [0.25, 0.3) is 22.4 Å². The molecule has 0 spiro atoms. The first-order valence-corrected chi connectivity index (χ1v) is 11.7. The Morgan fingerprint density at radius 2 is 1.94 bits per heavy atom. The normalized spacial score (nSPS) is 16.5. The number of halogens is 1. The number of nitrogens with two attached hydrogens (primary N) is 1. The number of nitrogen functional groups attached to an aromatic ring is 1. The quantitative estimate of drug-likeness (QED) is 0.643. The smallest absolute Gasteiger partial charge is 0.244 e. The molecule has 1 saturated heterocycles. The van der Waals surface area contributed by atoms with Crippen LogP contribution in [-0.2, 0) is 27.6 Å². The first-order chi connectivity index (χ1) is 14.9. The molecule has 10 heteroatoms. The van der Waals surface area contributed by atoms with E-state index in [2.05, 4.69) is 15.0 Å². The first kappa shape index (κ1) is 20.3. The molecule has 5 rings (SSSR count). The lowest BCUT2D eigenvalue weighted by Crippen LogP contribution is -2.40. The van der Waals surface area contributed by atoms with Crippen molar-refractivity contribution in [1.82, 2.24) is 19.3 Å². The number of benzene rings is 1. The van der Waals surface area contributed by atoms with Gasteiger partial charge >= 0.3 is 0 Å². The van der Waals surface area contributed by atoms with Crippen LogP contribution in [0.2, 0.25) is 5.02 Å². The Balaban J connectivity index is 1.72. The summed E-state index contributed by atoms with van der Waals surface area (Å²) in [6.45, 7) is 1.33. The number of hydrogen-bond donors (Lipinski definition) is 1. The molecule has 0 bridgehead atoms. The Kier molecular flexibility index (Phi) is 5.13. The van der Waals surface area contributed by atoms with E-state index in [-0.39, 0.29) is 15.9 Å². The van der Waals surface area contributed by atoms with Crippen LogP contribution in [0.5, 0.6) is 0 Å². The van der Waals surface area contributed by atoms with Crippen molar-refractivity contribution in [3.05, 3.63) is 52.9 Å². The second-order valence-corrected chi connectivity index (χ2v) is 9.76. The standard InChI is InChI=1S/C21H20ClN5O3S/c22-16-10-13-3-4-17-19(20(26-21(23)25-17)14-2-1-5-24-12-14)15(13)11-18(16)31(28,29)27-6-8-30-9-7-27/h1-2,5,10-12H,3-4,6-9H2,(H2,23,25,26). The molecule has 2 N–H and O–H groups in total. The number of sulfonamides is 1. The van der Waals surface area contributed by atoms with E-state index in [1.807, 2.05) is 12.1 Å². The predicted octanol–water partition coefficient (Wildman–Crippen LogP) is 2.56. The van der Waals surface area contributed by atoms with Gasteiger partial charge in [0.1, 0.15) is 4.90 Å². The van der Waals surface area contributed by atoms with Crippen molar-refractivity contribution in [3.63, 3.8) is 0 Å². The zero-order chi connectivity index (χ0) is 21.6. The largest absolute Gasteiger partial charge is 0.379 e. The van der Waals surface area contributed by atoms with Crippen molar-refractivity contribution in [1.29, 1.82) is 0 Å². The third-order valence-electron chi connectivity index (χ3n) is 5.58. The van der Waals surface area contributed by atoms with Crippen LogP contribution in [0.1, 0.15) is 11.3 Å². The molecule has 0 saturated carbocycles. The molecule has 3 heterocycles. The van der Waals surface area contributed by atoms with Crippen molar-refractivity contribution in [3.8, 4) is 22.4 Å². The van der Waals surface area contributed by atoms with E-state index >= 15 is 0 Å². The van der Waals surface area contributed by atoms with Crippen LogP contribution < -0.4 is 5.73 Å². The summed E-state index contributed by atoms with van der Waals surface area (Å²) in [6, 6.07) is 7.11. The lowest BCUT2D eigenvalue weighted by molar-refractivity contribution is 0.0730. The highest BCUT2D eigenvalue weighted by Crippen LogP contribution is 2.42. The molecule has 0 unspecified atom stereocenters. The molecule has 2 aromatic heterocycles. The fourth-order valence-corrected chi connectivity index (χ4v) is 6.07. The maximum Gasteiger partial charge on any atom is 0.244 e. The molecule has 31 heavy (non-hydrogen) atoms. The summed E-state index contributed by atoms with van der Waals surface area (Å²) in [6.07, 6.45) is 4.73. The molecule has 8 nitrogen and oxygen atoms in total. The van der Waals surface area contributed by atoms with E-state index in [0.29, 0.717) is 44.8 Å².